The van der Waals surface area contributed by atoms with E-state index < -0.39 is 0 Å². The Labute approximate surface area is 89.3 Å². The van der Waals surface area contributed by atoms with Crippen LogP contribution in [0, 0.1) is 11.8 Å². The maximum Gasteiger partial charge on any atom is 0.00388 e. The molecule has 0 saturated carbocycles. The molecule has 0 aromatic rings. The third kappa shape index (κ3) is 2.48. The number of hydrogen-bond acceptors (Lipinski definition) is 2. The van der Waals surface area contributed by atoms with Crippen molar-refractivity contribution in [2.24, 2.45) is 11.8 Å². The van der Waals surface area contributed by atoms with Crippen molar-refractivity contribution >= 4 is 0 Å². The first-order chi connectivity index (χ1) is 6.66. The molecule has 2 unspecified atom stereocenters. The fourth-order valence-corrected chi connectivity index (χ4v) is 2.69. The number of nitrogens with zero attached hydrogens (tertiary/aromatic N) is 2. The Balaban J connectivity index is 0.000000461. The van der Waals surface area contributed by atoms with E-state index in [0.717, 1.165) is 17.9 Å². The number of hydrogen-bond donors (Lipinski definition) is 0. The maximum absolute atomic E-state index is 2.63. The molecule has 2 heteroatoms. The van der Waals surface area contributed by atoms with Crippen molar-refractivity contribution in [3.63, 3.8) is 0 Å². The first kappa shape index (κ1) is 12.0. The SMILES string of the molecule is CC.CC(C)N1CC2CN(C)CC2C1. The molecule has 0 aliphatic carbocycles. The average Bonchev–Trinajstić information content (AvgIpc) is 2.64. The first-order valence-corrected chi connectivity index (χ1v) is 6.09. The van der Waals surface area contributed by atoms with E-state index >= 15 is 0 Å². The zero-order valence-electron chi connectivity index (χ0n) is 10.5. The van der Waals surface area contributed by atoms with Crippen molar-refractivity contribution in [1.29, 1.82) is 0 Å². The molecule has 14 heavy (non-hydrogen) atoms. The molecule has 0 amide bonds. The molecular formula is C12H26N2. The fourth-order valence-electron chi connectivity index (χ4n) is 2.69. The zero-order chi connectivity index (χ0) is 10.7. The van der Waals surface area contributed by atoms with Crippen LogP contribution in [0.4, 0.5) is 0 Å². The summed E-state index contributed by atoms with van der Waals surface area (Å²) < 4.78 is 0. The molecule has 2 fully saturated rings. The highest BCUT2D eigenvalue weighted by Crippen LogP contribution is 2.30. The molecule has 2 rings (SSSR count). The van der Waals surface area contributed by atoms with Gasteiger partial charge in [0.2, 0.25) is 0 Å². The van der Waals surface area contributed by atoms with E-state index in [-0.39, 0.29) is 0 Å². The Kier molecular flexibility index (Phi) is 4.39. The lowest BCUT2D eigenvalue weighted by atomic mass is 10.0. The van der Waals surface area contributed by atoms with Crippen molar-refractivity contribution in [3.8, 4) is 0 Å². The molecule has 0 radical (unpaired) electrons. The Morgan fingerprint density at radius 2 is 1.36 bits per heavy atom. The van der Waals surface area contributed by atoms with Crippen molar-refractivity contribution in [2.45, 2.75) is 33.7 Å². The topological polar surface area (TPSA) is 6.48 Å². The number of fused-ring (bicyclic) bond motifs is 1. The highest BCUT2D eigenvalue weighted by atomic mass is 15.2. The predicted octanol–water partition coefficient (Wildman–Crippen LogP) is 1.91. The van der Waals surface area contributed by atoms with Gasteiger partial charge in [0.05, 0.1) is 0 Å². The van der Waals surface area contributed by atoms with E-state index in [4.69, 9.17) is 0 Å². The Morgan fingerprint density at radius 3 is 1.71 bits per heavy atom. The van der Waals surface area contributed by atoms with Gasteiger partial charge < -0.3 is 9.80 Å². The normalized spacial score (nSPS) is 33.0. The van der Waals surface area contributed by atoms with Crippen LogP contribution in [0.2, 0.25) is 0 Å². The minimum atomic E-state index is 0.751. The smallest absolute Gasteiger partial charge is 0.00388 e. The zero-order valence-corrected chi connectivity index (χ0v) is 10.5. The van der Waals surface area contributed by atoms with Gasteiger partial charge in [0, 0.05) is 32.2 Å². The predicted molar refractivity (Wildman–Crippen MR) is 62.5 cm³/mol. The third-order valence-electron chi connectivity index (χ3n) is 3.43. The average molecular weight is 198 g/mol. The van der Waals surface area contributed by atoms with Gasteiger partial charge in [0.1, 0.15) is 0 Å². The minimum Gasteiger partial charge on any atom is -0.306 e. The van der Waals surface area contributed by atoms with Crippen LogP contribution in [0.3, 0.4) is 0 Å². The van der Waals surface area contributed by atoms with Crippen LogP contribution >= 0.6 is 0 Å². The van der Waals surface area contributed by atoms with Gasteiger partial charge in [-0.15, -0.1) is 0 Å². The summed E-state index contributed by atoms with van der Waals surface area (Å²) in [4.78, 5) is 5.11. The van der Waals surface area contributed by atoms with Crippen LogP contribution in [0.5, 0.6) is 0 Å². The molecular weight excluding hydrogens is 172 g/mol. The van der Waals surface area contributed by atoms with E-state index in [0.29, 0.717) is 0 Å². The molecule has 2 atom stereocenters. The number of rotatable bonds is 1. The van der Waals surface area contributed by atoms with Crippen LogP contribution in [0.15, 0.2) is 0 Å². The summed E-state index contributed by atoms with van der Waals surface area (Å²) in [7, 11) is 2.25. The van der Waals surface area contributed by atoms with Crippen LogP contribution in [0.1, 0.15) is 27.7 Å². The lowest BCUT2D eigenvalue weighted by molar-refractivity contribution is 0.235. The number of likely N-dealkylation sites (tertiary alicyclic amines) is 2. The van der Waals surface area contributed by atoms with Gasteiger partial charge in [-0.3, -0.25) is 0 Å². The lowest BCUT2D eigenvalue weighted by Gasteiger charge is -2.22. The molecule has 2 aliphatic heterocycles. The van der Waals surface area contributed by atoms with Gasteiger partial charge in [-0.05, 0) is 32.7 Å². The van der Waals surface area contributed by atoms with E-state index in [1.165, 1.54) is 26.2 Å². The standard InChI is InChI=1S/C10H20N2.C2H6/c1-8(2)12-6-9-4-11(3)5-10(9)7-12;1-2/h8-10H,4-7H2,1-3H3;1-2H3. The van der Waals surface area contributed by atoms with E-state index in [1.54, 1.807) is 0 Å². The summed E-state index contributed by atoms with van der Waals surface area (Å²) in [5.41, 5.74) is 0. The van der Waals surface area contributed by atoms with Gasteiger partial charge in [-0.25, -0.2) is 0 Å². The minimum absolute atomic E-state index is 0.751. The molecule has 0 aromatic heterocycles. The Hall–Kier alpha value is -0.0800. The van der Waals surface area contributed by atoms with E-state index in [2.05, 4.69) is 30.7 Å². The van der Waals surface area contributed by atoms with Crippen LogP contribution < -0.4 is 0 Å². The van der Waals surface area contributed by atoms with Crippen LogP contribution in [-0.2, 0) is 0 Å². The summed E-state index contributed by atoms with van der Waals surface area (Å²) in [6.07, 6.45) is 0. The summed E-state index contributed by atoms with van der Waals surface area (Å²) in [6.45, 7) is 14.0. The highest BCUT2D eigenvalue weighted by molar-refractivity contribution is 4.92. The van der Waals surface area contributed by atoms with Gasteiger partial charge >= 0.3 is 0 Å². The van der Waals surface area contributed by atoms with Crippen LogP contribution in [-0.4, -0.2) is 49.1 Å². The summed E-state index contributed by atoms with van der Waals surface area (Å²) in [5.74, 6) is 1.94. The highest BCUT2D eigenvalue weighted by Gasteiger charge is 2.38. The largest absolute Gasteiger partial charge is 0.306 e. The second-order valence-electron chi connectivity index (χ2n) is 4.79. The molecule has 2 aliphatic rings. The Bertz CT molecular complexity index is 154. The monoisotopic (exact) mass is 198 g/mol. The Morgan fingerprint density at radius 1 is 0.929 bits per heavy atom. The molecule has 0 bridgehead atoms. The maximum atomic E-state index is 2.63. The second-order valence-corrected chi connectivity index (χ2v) is 4.79. The fraction of sp³-hybridized carbons (Fsp3) is 1.00. The van der Waals surface area contributed by atoms with Crippen molar-refractivity contribution in [2.75, 3.05) is 33.2 Å². The summed E-state index contributed by atoms with van der Waals surface area (Å²) in [5, 5.41) is 0. The molecule has 2 heterocycles. The van der Waals surface area contributed by atoms with Gasteiger partial charge in [-0.2, -0.15) is 0 Å². The van der Waals surface area contributed by atoms with E-state index in [1.807, 2.05) is 13.8 Å². The third-order valence-corrected chi connectivity index (χ3v) is 3.43. The van der Waals surface area contributed by atoms with Crippen molar-refractivity contribution in [1.82, 2.24) is 9.80 Å². The summed E-state index contributed by atoms with van der Waals surface area (Å²) >= 11 is 0. The van der Waals surface area contributed by atoms with Crippen molar-refractivity contribution in [3.05, 3.63) is 0 Å². The molecule has 2 nitrogen and oxygen atoms in total. The van der Waals surface area contributed by atoms with Gasteiger partial charge in [0.25, 0.3) is 0 Å². The van der Waals surface area contributed by atoms with Crippen LogP contribution in [0.25, 0.3) is 0 Å². The van der Waals surface area contributed by atoms with E-state index in [9.17, 15) is 0 Å². The second kappa shape index (κ2) is 5.13. The summed E-state index contributed by atoms with van der Waals surface area (Å²) in [6, 6.07) is 0.751. The molecule has 0 aromatic carbocycles. The molecule has 2 saturated heterocycles. The van der Waals surface area contributed by atoms with Crippen molar-refractivity contribution < 1.29 is 0 Å². The lowest BCUT2D eigenvalue weighted by Crippen LogP contribution is -2.32. The first-order valence-electron chi connectivity index (χ1n) is 6.09. The van der Waals surface area contributed by atoms with Gasteiger partial charge in [0.15, 0.2) is 0 Å². The molecule has 84 valence electrons. The van der Waals surface area contributed by atoms with Gasteiger partial charge in [-0.1, -0.05) is 13.8 Å². The molecule has 0 N–H and O–H groups in total. The quantitative estimate of drug-likeness (QED) is 0.635. The molecule has 0 spiro atoms.